The zero-order valence-corrected chi connectivity index (χ0v) is 17.6. The fourth-order valence-electron chi connectivity index (χ4n) is 4.06. The Labute approximate surface area is 167 Å². The molecule has 1 atom stereocenters. The first-order valence-corrected chi connectivity index (χ1v) is 10.2. The van der Waals surface area contributed by atoms with Crippen LogP contribution in [0.5, 0.6) is 0 Å². The van der Waals surface area contributed by atoms with Crippen LogP contribution in [0.3, 0.4) is 0 Å². The van der Waals surface area contributed by atoms with E-state index in [1.165, 1.54) is 5.56 Å². The molecule has 2 aliphatic rings. The predicted molar refractivity (Wildman–Crippen MR) is 107 cm³/mol. The van der Waals surface area contributed by atoms with Crippen molar-refractivity contribution in [2.45, 2.75) is 51.2 Å². The van der Waals surface area contributed by atoms with Crippen molar-refractivity contribution in [1.82, 2.24) is 4.90 Å². The maximum atomic E-state index is 13.0. The summed E-state index contributed by atoms with van der Waals surface area (Å²) >= 11 is 2.29. The topological polar surface area (TPSA) is 51.9 Å². The molecular formula is C20H24INO4. The van der Waals surface area contributed by atoms with Gasteiger partial charge in [0.1, 0.15) is 22.5 Å². The molecule has 0 aliphatic carbocycles. The average molecular weight is 469 g/mol. The Morgan fingerprint density at radius 1 is 1.35 bits per heavy atom. The second kappa shape index (κ2) is 6.41. The summed E-state index contributed by atoms with van der Waals surface area (Å²) in [4.78, 5) is 14.8. The van der Waals surface area contributed by atoms with Crippen LogP contribution in [0.1, 0.15) is 44.9 Å². The summed E-state index contributed by atoms with van der Waals surface area (Å²) in [5.41, 5.74) is 0.996. The molecule has 4 rings (SSSR count). The molecule has 1 saturated heterocycles. The van der Waals surface area contributed by atoms with E-state index in [1.807, 2.05) is 25.7 Å². The van der Waals surface area contributed by atoms with E-state index in [9.17, 15) is 4.79 Å². The number of fused-ring (bicyclic) bond motifs is 4. The van der Waals surface area contributed by atoms with Crippen LogP contribution in [0.2, 0.25) is 0 Å². The first kappa shape index (κ1) is 18.1. The molecule has 5 nitrogen and oxygen atoms in total. The van der Waals surface area contributed by atoms with Gasteiger partial charge in [0.05, 0.1) is 6.61 Å². The molecule has 3 heterocycles. The van der Waals surface area contributed by atoms with Gasteiger partial charge in [-0.3, -0.25) is 4.90 Å². The zero-order valence-electron chi connectivity index (χ0n) is 15.4. The Morgan fingerprint density at radius 2 is 2.15 bits per heavy atom. The summed E-state index contributed by atoms with van der Waals surface area (Å²) in [6, 6.07) is 6.28. The monoisotopic (exact) mass is 469 g/mol. The zero-order chi connectivity index (χ0) is 18.5. The highest BCUT2D eigenvalue weighted by atomic mass is 127. The number of hydrogen-bond donors (Lipinski definition) is 0. The van der Waals surface area contributed by atoms with Crippen molar-refractivity contribution >= 4 is 39.7 Å². The minimum atomic E-state index is -0.571. The van der Waals surface area contributed by atoms with Crippen LogP contribution in [-0.4, -0.2) is 36.4 Å². The van der Waals surface area contributed by atoms with E-state index in [0.29, 0.717) is 13.2 Å². The van der Waals surface area contributed by atoms with E-state index in [0.717, 1.165) is 46.2 Å². The summed E-state index contributed by atoms with van der Waals surface area (Å²) in [5, 5.41) is 1.15. The second-order valence-electron chi connectivity index (χ2n) is 8.12. The molecule has 1 unspecified atom stereocenters. The quantitative estimate of drug-likeness (QED) is 0.519. The van der Waals surface area contributed by atoms with Gasteiger partial charge in [-0.1, -0.05) is 0 Å². The van der Waals surface area contributed by atoms with E-state index in [-0.39, 0.29) is 6.09 Å². The number of nitrogens with zero attached hydrogens (tertiary/aromatic N) is 1. The van der Waals surface area contributed by atoms with Gasteiger partial charge in [-0.2, -0.15) is 0 Å². The third kappa shape index (κ3) is 3.01. The van der Waals surface area contributed by atoms with Gasteiger partial charge in [0, 0.05) is 27.7 Å². The standard InChI is InChI=1S/C20H24INO4/c1-19(2,3)26-18(23)22-9-7-15-14-6-5-13(21)11-16(14)25-17(15)20(22)8-4-10-24-12-20/h5-6,11H,4,7-10,12H2,1-3H3. The van der Waals surface area contributed by atoms with E-state index in [2.05, 4.69) is 40.8 Å². The van der Waals surface area contributed by atoms with Crippen molar-refractivity contribution in [2.75, 3.05) is 19.8 Å². The number of rotatable bonds is 0. The molecule has 26 heavy (non-hydrogen) atoms. The van der Waals surface area contributed by atoms with Crippen molar-refractivity contribution in [3.05, 3.63) is 33.1 Å². The van der Waals surface area contributed by atoms with Crippen molar-refractivity contribution in [3.63, 3.8) is 0 Å². The van der Waals surface area contributed by atoms with Gasteiger partial charge in [0.25, 0.3) is 0 Å². The van der Waals surface area contributed by atoms with Crippen molar-refractivity contribution < 1.29 is 18.7 Å². The number of hydrogen-bond acceptors (Lipinski definition) is 4. The summed E-state index contributed by atoms with van der Waals surface area (Å²) in [5.74, 6) is 0.881. The Hall–Kier alpha value is -1.28. The fraction of sp³-hybridized carbons (Fsp3) is 0.550. The largest absolute Gasteiger partial charge is 0.458 e. The Balaban J connectivity index is 1.82. The summed E-state index contributed by atoms with van der Waals surface area (Å²) in [7, 11) is 0. The number of carbonyl (C=O) groups excluding carboxylic acids is 1. The first-order valence-electron chi connectivity index (χ1n) is 9.10. The molecule has 0 saturated carbocycles. The molecule has 1 amide bonds. The van der Waals surface area contributed by atoms with Crippen LogP contribution in [0.4, 0.5) is 4.79 Å². The Bertz CT molecular complexity index is 845. The molecule has 2 aliphatic heterocycles. The highest BCUT2D eigenvalue weighted by Gasteiger charge is 2.51. The second-order valence-corrected chi connectivity index (χ2v) is 9.37. The average Bonchev–Trinajstić information content (AvgIpc) is 2.93. The van der Waals surface area contributed by atoms with Gasteiger partial charge in [0.2, 0.25) is 0 Å². The highest BCUT2D eigenvalue weighted by molar-refractivity contribution is 14.1. The molecule has 1 aromatic heterocycles. The van der Waals surface area contributed by atoms with Crippen LogP contribution in [0.25, 0.3) is 11.0 Å². The predicted octanol–water partition coefficient (Wildman–Crippen LogP) is 4.84. The number of amides is 1. The molecule has 0 bridgehead atoms. The maximum absolute atomic E-state index is 13.0. The van der Waals surface area contributed by atoms with Crippen molar-refractivity contribution in [2.24, 2.45) is 0 Å². The SMILES string of the molecule is CC(C)(C)OC(=O)N1CCc2c(oc3cc(I)ccc23)C12CCCOC2. The highest BCUT2D eigenvalue weighted by Crippen LogP contribution is 2.46. The lowest BCUT2D eigenvalue weighted by molar-refractivity contribution is -0.0757. The third-order valence-corrected chi connectivity index (χ3v) is 5.78. The van der Waals surface area contributed by atoms with E-state index >= 15 is 0 Å². The smallest absolute Gasteiger partial charge is 0.411 e. The molecule has 1 spiro atoms. The van der Waals surface area contributed by atoms with E-state index in [4.69, 9.17) is 13.9 Å². The number of benzene rings is 1. The van der Waals surface area contributed by atoms with Gasteiger partial charge in [-0.25, -0.2) is 4.79 Å². The van der Waals surface area contributed by atoms with Gasteiger partial charge in [0.15, 0.2) is 0 Å². The van der Waals surface area contributed by atoms with Crippen LogP contribution < -0.4 is 0 Å². The summed E-state index contributed by atoms with van der Waals surface area (Å²) in [6.07, 6.45) is 2.21. The molecular weight excluding hydrogens is 445 g/mol. The first-order chi connectivity index (χ1) is 12.3. The molecule has 0 radical (unpaired) electrons. The lowest BCUT2D eigenvalue weighted by Gasteiger charge is -2.47. The molecule has 0 N–H and O–H groups in total. The van der Waals surface area contributed by atoms with Gasteiger partial charge < -0.3 is 13.9 Å². The molecule has 2 aromatic rings. The van der Waals surface area contributed by atoms with E-state index < -0.39 is 11.1 Å². The number of halogens is 1. The molecule has 6 heteroatoms. The normalized spacial score (nSPS) is 23.3. The fourth-order valence-corrected chi connectivity index (χ4v) is 4.53. The van der Waals surface area contributed by atoms with Crippen LogP contribution >= 0.6 is 22.6 Å². The Morgan fingerprint density at radius 3 is 2.85 bits per heavy atom. The maximum Gasteiger partial charge on any atom is 0.411 e. The van der Waals surface area contributed by atoms with Crippen LogP contribution in [-0.2, 0) is 21.4 Å². The van der Waals surface area contributed by atoms with Crippen LogP contribution in [0.15, 0.2) is 22.6 Å². The summed E-state index contributed by atoms with van der Waals surface area (Å²) < 4.78 is 19.0. The van der Waals surface area contributed by atoms with Crippen molar-refractivity contribution in [3.8, 4) is 0 Å². The lowest BCUT2D eigenvalue weighted by atomic mass is 9.81. The Kier molecular flexibility index (Phi) is 4.46. The lowest BCUT2D eigenvalue weighted by Crippen LogP contribution is -2.58. The van der Waals surface area contributed by atoms with Gasteiger partial charge >= 0.3 is 6.09 Å². The van der Waals surface area contributed by atoms with Gasteiger partial charge in [-0.15, -0.1) is 0 Å². The minimum Gasteiger partial charge on any atom is -0.458 e. The van der Waals surface area contributed by atoms with Crippen LogP contribution in [0, 0.1) is 3.57 Å². The number of carbonyl (C=O) groups is 1. The number of ether oxygens (including phenoxy) is 2. The molecule has 1 aromatic carbocycles. The molecule has 1 fully saturated rings. The molecule has 140 valence electrons. The van der Waals surface area contributed by atoms with Gasteiger partial charge in [-0.05, 0) is 80.8 Å². The third-order valence-electron chi connectivity index (χ3n) is 5.11. The van der Waals surface area contributed by atoms with Crippen molar-refractivity contribution in [1.29, 1.82) is 0 Å². The summed E-state index contributed by atoms with van der Waals surface area (Å²) in [6.45, 7) is 7.48. The minimum absolute atomic E-state index is 0.288. The number of furan rings is 1. The van der Waals surface area contributed by atoms with E-state index in [1.54, 1.807) is 0 Å².